The van der Waals surface area contributed by atoms with E-state index in [4.69, 9.17) is 28.3 Å². The van der Waals surface area contributed by atoms with Crippen LogP contribution in [0.1, 0.15) is 16.8 Å². The fraction of sp³-hybridized carbons (Fsp3) is 0.111. The Kier molecular flexibility index (Phi) is 5.06. The summed E-state index contributed by atoms with van der Waals surface area (Å²) >= 11 is 12.1. The Morgan fingerprint density at radius 2 is 2.04 bits per heavy atom. The zero-order chi connectivity index (χ0) is 18.0. The van der Waals surface area contributed by atoms with E-state index in [0.717, 1.165) is 17.0 Å². The summed E-state index contributed by atoms with van der Waals surface area (Å²) in [5.74, 6) is -1.07. The quantitative estimate of drug-likeness (QED) is 0.638. The van der Waals surface area contributed by atoms with Crippen molar-refractivity contribution in [3.63, 3.8) is 0 Å². The molecule has 1 N–H and O–H groups in total. The van der Waals surface area contributed by atoms with Crippen molar-refractivity contribution in [2.75, 3.05) is 0 Å². The predicted octanol–water partition coefficient (Wildman–Crippen LogP) is 4.96. The summed E-state index contributed by atoms with van der Waals surface area (Å²) in [4.78, 5) is 10.8. The molecule has 0 fully saturated rings. The number of carbonyl (C=O) groups is 1. The van der Waals surface area contributed by atoms with Gasteiger partial charge < -0.3 is 5.11 Å². The molecule has 0 spiro atoms. The van der Waals surface area contributed by atoms with E-state index in [2.05, 4.69) is 5.10 Å². The number of nitrogens with zero attached hydrogens (tertiary/aromatic N) is 2. The summed E-state index contributed by atoms with van der Waals surface area (Å²) in [5, 5.41) is 15.0. The van der Waals surface area contributed by atoms with Crippen LogP contribution >= 0.6 is 23.2 Å². The van der Waals surface area contributed by atoms with Gasteiger partial charge in [0.15, 0.2) is 0 Å². The van der Waals surface area contributed by atoms with E-state index in [-0.39, 0.29) is 0 Å². The molecule has 2 aromatic carbocycles. The highest BCUT2D eigenvalue weighted by Crippen LogP contribution is 2.26. The van der Waals surface area contributed by atoms with Gasteiger partial charge in [-0.3, -0.25) is 4.68 Å². The van der Waals surface area contributed by atoms with Crippen LogP contribution in [-0.4, -0.2) is 20.9 Å². The summed E-state index contributed by atoms with van der Waals surface area (Å²) in [6, 6.07) is 10.3. The minimum Gasteiger partial charge on any atom is -0.478 e. The van der Waals surface area contributed by atoms with Crippen molar-refractivity contribution < 1.29 is 14.3 Å². The molecular weight excluding hydrogens is 366 g/mol. The molecule has 0 amide bonds. The van der Waals surface area contributed by atoms with Gasteiger partial charge in [0, 0.05) is 21.5 Å². The maximum atomic E-state index is 13.0. The van der Waals surface area contributed by atoms with Crippen LogP contribution in [-0.2, 0) is 18.0 Å². The number of aromatic nitrogens is 2. The number of alkyl halides is 1. The maximum Gasteiger partial charge on any atom is 0.328 e. The number of aliphatic carboxylic acids is 1. The van der Waals surface area contributed by atoms with Crippen molar-refractivity contribution in [2.24, 2.45) is 0 Å². The van der Waals surface area contributed by atoms with Gasteiger partial charge in [-0.05, 0) is 35.4 Å². The summed E-state index contributed by atoms with van der Waals surface area (Å²) in [5.41, 5.74) is 2.51. The van der Waals surface area contributed by atoms with Crippen molar-refractivity contribution in [1.29, 1.82) is 0 Å². The van der Waals surface area contributed by atoms with E-state index in [0.29, 0.717) is 33.4 Å². The topological polar surface area (TPSA) is 55.1 Å². The Balaban J connectivity index is 2.10. The number of rotatable bonds is 5. The number of fused-ring (bicyclic) bond motifs is 1. The van der Waals surface area contributed by atoms with Crippen LogP contribution in [0.5, 0.6) is 0 Å². The molecular formula is C18H13Cl2FN2O2. The third kappa shape index (κ3) is 3.83. The summed E-state index contributed by atoms with van der Waals surface area (Å²) < 4.78 is 14.7. The van der Waals surface area contributed by atoms with Gasteiger partial charge in [0.2, 0.25) is 0 Å². The first-order chi connectivity index (χ1) is 12.0. The molecule has 3 rings (SSSR count). The van der Waals surface area contributed by atoms with E-state index in [1.807, 2.05) is 0 Å². The van der Waals surface area contributed by atoms with Crippen LogP contribution in [0.25, 0.3) is 17.0 Å². The molecule has 1 aromatic heterocycles. The molecule has 128 valence electrons. The zero-order valence-electron chi connectivity index (χ0n) is 12.9. The molecule has 0 atom stereocenters. The predicted molar refractivity (Wildman–Crippen MR) is 96.8 cm³/mol. The SMILES string of the molecule is O=C(O)C=Cc1nn(Cc2ccc(Cl)cc2Cl)c2cc(CF)ccc12. The molecule has 0 radical (unpaired) electrons. The van der Waals surface area contributed by atoms with Crippen LogP contribution in [0.4, 0.5) is 4.39 Å². The third-order valence-electron chi connectivity index (χ3n) is 3.72. The largest absolute Gasteiger partial charge is 0.478 e. The van der Waals surface area contributed by atoms with Gasteiger partial charge in [0.25, 0.3) is 0 Å². The van der Waals surface area contributed by atoms with Crippen LogP contribution < -0.4 is 0 Å². The van der Waals surface area contributed by atoms with Gasteiger partial charge in [0.05, 0.1) is 17.8 Å². The molecule has 0 saturated carbocycles. The molecule has 0 unspecified atom stereocenters. The van der Waals surface area contributed by atoms with Crippen molar-refractivity contribution in [3.05, 3.63) is 69.3 Å². The van der Waals surface area contributed by atoms with Gasteiger partial charge in [-0.1, -0.05) is 41.4 Å². The smallest absolute Gasteiger partial charge is 0.328 e. The van der Waals surface area contributed by atoms with Gasteiger partial charge in [-0.2, -0.15) is 5.10 Å². The highest BCUT2D eigenvalue weighted by molar-refractivity contribution is 6.35. The normalized spacial score (nSPS) is 11.5. The minimum absolute atomic E-state index is 0.350. The van der Waals surface area contributed by atoms with Gasteiger partial charge >= 0.3 is 5.97 Å². The Morgan fingerprint density at radius 3 is 2.72 bits per heavy atom. The molecule has 0 aliphatic carbocycles. The summed E-state index contributed by atoms with van der Waals surface area (Å²) in [7, 11) is 0. The second kappa shape index (κ2) is 7.25. The summed E-state index contributed by atoms with van der Waals surface area (Å²) in [6.07, 6.45) is 2.43. The van der Waals surface area contributed by atoms with Crippen molar-refractivity contribution in [1.82, 2.24) is 9.78 Å². The van der Waals surface area contributed by atoms with Crippen molar-refractivity contribution >= 4 is 46.2 Å². The molecule has 1 heterocycles. The Hall–Kier alpha value is -2.37. The fourth-order valence-electron chi connectivity index (χ4n) is 2.53. The molecule has 0 saturated heterocycles. The highest BCUT2D eigenvalue weighted by atomic mass is 35.5. The van der Waals surface area contributed by atoms with Crippen LogP contribution in [0.2, 0.25) is 10.0 Å². The molecule has 3 aromatic rings. The first kappa shape index (κ1) is 17.5. The molecule has 7 heteroatoms. The molecule has 0 aliphatic heterocycles. The van der Waals surface area contributed by atoms with Gasteiger partial charge in [0.1, 0.15) is 6.67 Å². The average molecular weight is 379 g/mol. The second-order valence-corrected chi connectivity index (χ2v) is 6.28. The number of benzene rings is 2. The molecule has 4 nitrogen and oxygen atoms in total. The number of hydrogen-bond acceptors (Lipinski definition) is 2. The van der Waals surface area contributed by atoms with Crippen LogP contribution in [0.15, 0.2) is 42.5 Å². The van der Waals surface area contributed by atoms with E-state index in [1.54, 1.807) is 41.1 Å². The van der Waals surface area contributed by atoms with Crippen LogP contribution in [0.3, 0.4) is 0 Å². The zero-order valence-corrected chi connectivity index (χ0v) is 14.4. The van der Waals surface area contributed by atoms with Crippen LogP contribution in [0, 0.1) is 0 Å². The standard InChI is InChI=1S/C18H13Cl2FN2O2/c19-13-3-2-12(15(20)8-13)10-23-17-7-11(9-21)1-4-14(17)16(22-23)5-6-18(24)25/h1-8H,9-10H2,(H,24,25). The lowest BCUT2D eigenvalue weighted by atomic mass is 10.1. The Labute approximate surface area is 153 Å². The molecule has 0 aliphatic rings. The number of hydrogen-bond donors (Lipinski definition) is 1. The van der Waals surface area contributed by atoms with E-state index in [9.17, 15) is 9.18 Å². The van der Waals surface area contributed by atoms with E-state index in [1.165, 1.54) is 6.08 Å². The average Bonchev–Trinajstić information content (AvgIpc) is 2.92. The first-order valence-corrected chi connectivity index (χ1v) is 8.14. The fourth-order valence-corrected chi connectivity index (χ4v) is 3.00. The molecule has 25 heavy (non-hydrogen) atoms. The highest BCUT2D eigenvalue weighted by Gasteiger charge is 2.12. The van der Waals surface area contributed by atoms with E-state index < -0.39 is 12.6 Å². The van der Waals surface area contributed by atoms with Gasteiger partial charge in [-0.25, -0.2) is 9.18 Å². The minimum atomic E-state index is -1.07. The lowest BCUT2D eigenvalue weighted by Gasteiger charge is -2.07. The summed E-state index contributed by atoms with van der Waals surface area (Å²) in [6.45, 7) is -0.244. The monoisotopic (exact) mass is 378 g/mol. The second-order valence-electron chi connectivity index (χ2n) is 5.44. The Morgan fingerprint density at radius 1 is 1.24 bits per heavy atom. The maximum absolute atomic E-state index is 13.0. The van der Waals surface area contributed by atoms with E-state index >= 15 is 0 Å². The first-order valence-electron chi connectivity index (χ1n) is 7.38. The lowest BCUT2D eigenvalue weighted by Crippen LogP contribution is -2.02. The number of carboxylic acid groups (broad SMARTS) is 1. The third-order valence-corrected chi connectivity index (χ3v) is 4.30. The van der Waals surface area contributed by atoms with Crippen molar-refractivity contribution in [3.8, 4) is 0 Å². The van der Waals surface area contributed by atoms with Gasteiger partial charge in [-0.15, -0.1) is 0 Å². The Bertz CT molecular complexity index is 983. The number of halogens is 3. The molecule has 0 bridgehead atoms. The van der Waals surface area contributed by atoms with Crippen molar-refractivity contribution in [2.45, 2.75) is 13.2 Å². The lowest BCUT2D eigenvalue weighted by molar-refractivity contribution is -0.131. The number of carboxylic acids is 1.